The summed E-state index contributed by atoms with van der Waals surface area (Å²) in [5.41, 5.74) is 0. The van der Waals surface area contributed by atoms with E-state index in [2.05, 4.69) is 0 Å². The van der Waals surface area contributed by atoms with E-state index >= 15 is 0 Å². The molecule has 0 amide bonds. The second kappa shape index (κ2) is 2.86. The van der Waals surface area contributed by atoms with Crippen LogP contribution in [0.3, 0.4) is 0 Å². The summed E-state index contributed by atoms with van der Waals surface area (Å²) in [4.78, 5) is 1.92. The number of likely N-dealkylation sites (tertiary alicyclic amines) is 1. The van der Waals surface area contributed by atoms with Gasteiger partial charge in [-0.25, -0.2) is 0 Å². The first-order valence-corrected chi connectivity index (χ1v) is 3.66. The lowest BCUT2D eigenvalue weighted by Gasteiger charge is -2.30. The molecule has 1 rings (SSSR count). The Balaban J connectivity index is 2.35. The van der Waals surface area contributed by atoms with Gasteiger partial charge in [0.15, 0.2) is 0 Å². The molecule has 0 spiro atoms. The molecule has 0 aliphatic carbocycles. The number of nitrogens with zero attached hydrogens (tertiary/aromatic N) is 1. The third-order valence-corrected chi connectivity index (χ3v) is 2.17. The van der Waals surface area contributed by atoms with Crippen LogP contribution in [0.5, 0.6) is 0 Å². The number of aliphatic hydroxyl groups is 1. The van der Waals surface area contributed by atoms with Crippen LogP contribution in [0.15, 0.2) is 0 Å². The lowest BCUT2D eigenvalue weighted by atomic mass is 10.1. The van der Waals surface area contributed by atoms with Crippen molar-refractivity contribution >= 4 is 11.6 Å². The molecule has 0 aromatic carbocycles. The molecule has 0 aromatic heterocycles. The van der Waals surface area contributed by atoms with Crippen LogP contribution in [0.25, 0.3) is 0 Å². The molecule has 2 atom stereocenters. The highest BCUT2D eigenvalue weighted by Crippen LogP contribution is 2.17. The Morgan fingerprint density at radius 1 is 1.67 bits per heavy atom. The highest BCUT2D eigenvalue weighted by Gasteiger charge is 2.21. The quantitative estimate of drug-likeness (QED) is 0.511. The SMILES string of the molecule is CN1CCC(Cl)CC1O. The number of rotatable bonds is 0. The normalized spacial score (nSPS) is 39.0. The van der Waals surface area contributed by atoms with Crippen molar-refractivity contribution in [2.45, 2.75) is 24.4 Å². The molecule has 1 aliphatic rings. The van der Waals surface area contributed by atoms with Gasteiger partial charge in [0.25, 0.3) is 0 Å². The number of alkyl halides is 1. The third kappa shape index (κ3) is 1.81. The number of piperidine rings is 1. The summed E-state index contributed by atoms with van der Waals surface area (Å²) in [5.74, 6) is 0. The van der Waals surface area contributed by atoms with E-state index in [4.69, 9.17) is 11.6 Å². The Hall–Kier alpha value is 0.210. The average Bonchev–Trinajstić information content (AvgIpc) is 1.80. The van der Waals surface area contributed by atoms with E-state index < -0.39 is 0 Å². The van der Waals surface area contributed by atoms with Gasteiger partial charge < -0.3 is 5.11 Å². The van der Waals surface area contributed by atoms with Crippen molar-refractivity contribution in [2.75, 3.05) is 13.6 Å². The number of hydrogen-bond donors (Lipinski definition) is 1. The highest BCUT2D eigenvalue weighted by molar-refractivity contribution is 6.20. The van der Waals surface area contributed by atoms with Crippen molar-refractivity contribution < 1.29 is 5.11 Å². The summed E-state index contributed by atoms with van der Waals surface area (Å²) >= 11 is 5.79. The maximum atomic E-state index is 9.19. The van der Waals surface area contributed by atoms with E-state index in [0.29, 0.717) is 6.42 Å². The number of hydrogen-bond acceptors (Lipinski definition) is 2. The fraction of sp³-hybridized carbons (Fsp3) is 1.00. The Bertz CT molecular complexity index is 99.1. The van der Waals surface area contributed by atoms with Crippen molar-refractivity contribution in [1.29, 1.82) is 0 Å². The zero-order valence-electron chi connectivity index (χ0n) is 5.55. The molecule has 0 aromatic rings. The molecule has 9 heavy (non-hydrogen) atoms. The van der Waals surface area contributed by atoms with Crippen LogP contribution in [0.1, 0.15) is 12.8 Å². The molecular formula is C6H12ClNO. The van der Waals surface area contributed by atoms with Gasteiger partial charge in [0, 0.05) is 18.3 Å². The zero-order chi connectivity index (χ0) is 6.85. The standard InChI is InChI=1S/C6H12ClNO/c1-8-3-2-5(7)4-6(8)9/h5-6,9H,2-4H2,1H3. The monoisotopic (exact) mass is 149 g/mol. The predicted molar refractivity (Wildman–Crippen MR) is 37.5 cm³/mol. The molecule has 2 nitrogen and oxygen atoms in total. The van der Waals surface area contributed by atoms with Gasteiger partial charge >= 0.3 is 0 Å². The van der Waals surface area contributed by atoms with Crippen molar-refractivity contribution in [3.8, 4) is 0 Å². The summed E-state index contributed by atoms with van der Waals surface area (Å²) in [7, 11) is 1.91. The molecule has 2 unspecified atom stereocenters. The minimum absolute atomic E-state index is 0.177. The molecule has 1 N–H and O–H groups in total. The molecule has 0 radical (unpaired) electrons. The number of aliphatic hydroxyl groups excluding tert-OH is 1. The minimum Gasteiger partial charge on any atom is -0.378 e. The van der Waals surface area contributed by atoms with Crippen LogP contribution in [0, 0.1) is 0 Å². The van der Waals surface area contributed by atoms with Gasteiger partial charge in [-0.3, -0.25) is 4.90 Å². The van der Waals surface area contributed by atoms with Gasteiger partial charge in [-0.15, -0.1) is 11.6 Å². The second-order valence-electron chi connectivity index (χ2n) is 2.58. The first kappa shape index (κ1) is 7.32. The Morgan fingerprint density at radius 3 is 2.78 bits per heavy atom. The average molecular weight is 150 g/mol. The molecule has 1 fully saturated rings. The predicted octanol–water partition coefficient (Wildman–Crippen LogP) is 0.638. The third-order valence-electron chi connectivity index (χ3n) is 1.77. The van der Waals surface area contributed by atoms with Crippen LogP contribution in [0.4, 0.5) is 0 Å². The van der Waals surface area contributed by atoms with E-state index in [1.807, 2.05) is 11.9 Å². The van der Waals surface area contributed by atoms with Crippen molar-refractivity contribution in [1.82, 2.24) is 4.90 Å². The molecule has 1 heterocycles. The van der Waals surface area contributed by atoms with Crippen molar-refractivity contribution in [3.63, 3.8) is 0 Å². The molecule has 3 heteroatoms. The molecule has 54 valence electrons. The summed E-state index contributed by atoms with van der Waals surface area (Å²) < 4.78 is 0. The fourth-order valence-corrected chi connectivity index (χ4v) is 1.28. The van der Waals surface area contributed by atoms with Gasteiger partial charge in [0.1, 0.15) is 6.23 Å². The second-order valence-corrected chi connectivity index (χ2v) is 3.20. The first-order chi connectivity index (χ1) is 4.20. The topological polar surface area (TPSA) is 23.5 Å². The lowest BCUT2D eigenvalue weighted by molar-refractivity contribution is -0.00422. The van der Waals surface area contributed by atoms with Gasteiger partial charge in [-0.2, -0.15) is 0 Å². The van der Waals surface area contributed by atoms with Crippen LogP contribution in [-0.4, -0.2) is 35.2 Å². The van der Waals surface area contributed by atoms with E-state index in [0.717, 1.165) is 13.0 Å². The van der Waals surface area contributed by atoms with Crippen LogP contribution < -0.4 is 0 Å². The van der Waals surface area contributed by atoms with E-state index in [1.54, 1.807) is 0 Å². The Labute approximate surface area is 60.4 Å². The molecule has 1 aliphatic heterocycles. The summed E-state index contributed by atoms with van der Waals surface area (Å²) in [6.07, 6.45) is 1.38. The highest BCUT2D eigenvalue weighted by atomic mass is 35.5. The van der Waals surface area contributed by atoms with E-state index in [-0.39, 0.29) is 11.6 Å². The van der Waals surface area contributed by atoms with Crippen molar-refractivity contribution in [3.05, 3.63) is 0 Å². The molecular weight excluding hydrogens is 138 g/mol. The van der Waals surface area contributed by atoms with Gasteiger partial charge in [0.2, 0.25) is 0 Å². The maximum Gasteiger partial charge on any atom is 0.108 e. The fourth-order valence-electron chi connectivity index (χ4n) is 1.02. The molecule has 0 bridgehead atoms. The van der Waals surface area contributed by atoms with Gasteiger partial charge in [-0.1, -0.05) is 0 Å². The van der Waals surface area contributed by atoms with Crippen LogP contribution >= 0.6 is 11.6 Å². The molecule has 1 saturated heterocycles. The Morgan fingerprint density at radius 2 is 2.33 bits per heavy atom. The van der Waals surface area contributed by atoms with E-state index in [1.165, 1.54) is 0 Å². The summed E-state index contributed by atoms with van der Waals surface area (Å²) in [5, 5.41) is 9.37. The van der Waals surface area contributed by atoms with Gasteiger partial charge in [0.05, 0.1) is 0 Å². The van der Waals surface area contributed by atoms with Crippen LogP contribution in [-0.2, 0) is 0 Å². The maximum absolute atomic E-state index is 9.19. The summed E-state index contributed by atoms with van der Waals surface area (Å²) in [6, 6.07) is 0. The van der Waals surface area contributed by atoms with E-state index in [9.17, 15) is 5.11 Å². The largest absolute Gasteiger partial charge is 0.378 e. The summed E-state index contributed by atoms with van der Waals surface area (Å²) in [6.45, 7) is 0.912. The molecule has 0 saturated carbocycles. The van der Waals surface area contributed by atoms with Crippen molar-refractivity contribution in [2.24, 2.45) is 0 Å². The Kier molecular flexibility index (Phi) is 2.33. The first-order valence-electron chi connectivity index (χ1n) is 3.22. The lowest BCUT2D eigenvalue weighted by Crippen LogP contribution is -2.39. The van der Waals surface area contributed by atoms with Gasteiger partial charge in [-0.05, 0) is 13.5 Å². The minimum atomic E-state index is -0.318. The van der Waals surface area contributed by atoms with Crippen LogP contribution in [0.2, 0.25) is 0 Å². The zero-order valence-corrected chi connectivity index (χ0v) is 6.30. The number of halogens is 1. The smallest absolute Gasteiger partial charge is 0.108 e.